The monoisotopic (exact) mass is 208 g/mol. The average molecular weight is 209 g/mol. The van der Waals surface area contributed by atoms with Gasteiger partial charge >= 0.3 is 0 Å². The van der Waals surface area contributed by atoms with E-state index in [-0.39, 0.29) is 0 Å². The predicted molar refractivity (Wildman–Crippen MR) is 60.1 cm³/mol. The van der Waals surface area contributed by atoms with E-state index in [1.54, 1.807) is 0 Å². The highest BCUT2D eigenvalue weighted by atomic mass is 35.5. The number of nitrogens with one attached hydrogen (secondary N) is 2. The van der Waals surface area contributed by atoms with E-state index in [9.17, 15) is 0 Å². The Morgan fingerprint density at radius 2 is 1.93 bits per heavy atom. The smallest absolute Gasteiger partial charge is 0.0765 e. The molecule has 3 heteroatoms. The molecule has 1 aliphatic carbocycles. The molecule has 0 unspecified atom stereocenters. The molecule has 0 saturated heterocycles. The molecule has 0 bridgehead atoms. The molecule has 1 saturated carbocycles. The standard InChI is InChI=1S/C11H13ClN2/c12-8-2-1-3-9-10(8)14-7-11(4-5-11)6-13-9/h1-3,13-14H,4-7H2. The molecule has 74 valence electrons. The number of hydrogen-bond acceptors (Lipinski definition) is 2. The summed E-state index contributed by atoms with van der Waals surface area (Å²) in [6.45, 7) is 2.13. The molecular formula is C11H13ClN2. The van der Waals surface area contributed by atoms with E-state index in [4.69, 9.17) is 11.6 Å². The fourth-order valence-corrected chi connectivity index (χ4v) is 2.24. The van der Waals surface area contributed by atoms with E-state index >= 15 is 0 Å². The van der Waals surface area contributed by atoms with Crippen molar-refractivity contribution in [2.45, 2.75) is 12.8 Å². The molecule has 0 atom stereocenters. The molecule has 1 heterocycles. The van der Waals surface area contributed by atoms with E-state index < -0.39 is 0 Å². The third-order valence-corrected chi connectivity index (χ3v) is 3.58. The predicted octanol–water partition coefficient (Wildman–Crippen LogP) is 2.96. The maximum absolute atomic E-state index is 6.13. The Balaban J connectivity index is 1.96. The largest absolute Gasteiger partial charge is 0.383 e. The molecule has 2 aliphatic rings. The number of halogens is 1. The Morgan fingerprint density at radius 3 is 2.71 bits per heavy atom. The van der Waals surface area contributed by atoms with E-state index in [0.717, 1.165) is 29.5 Å². The van der Waals surface area contributed by atoms with Gasteiger partial charge in [0.25, 0.3) is 0 Å². The van der Waals surface area contributed by atoms with Gasteiger partial charge in [-0.1, -0.05) is 17.7 Å². The number of anilines is 2. The highest BCUT2D eigenvalue weighted by Gasteiger charge is 2.43. The van der Waals surface area contributed by atoms with E-state index in [1.165, 1.54) is 12.8 Å². The van der Waals surface area contributed by atoms with Gasteiger partial charge in [-0.3, -0.25) is 0 Å². The van der Waals surface area contributed by atoms with Crippen LogP contribution in [0.4, 0.5) is 11.4 Å². The quantitative estimate of drug-likeness (QED) is 0.685. The van der Waals surface area contributed by atoms with Gasteiger partial charge in [0.15, 0.2) is 0 Å². The molecule has 1 aromatic rings. The summed E-state index contributed by atoms with van der Waals surface area (Å²) in [5.41, 5.74) is 2.71. The Labute approximate surface area is 88.6 Å². The van der Waals surface area contributed by atoms with Crippen molar-refractivity contribution in [2.24, 2.45) is 5.41 Å². The average Bonchev–Trinajstić information content (AvgIpc) is 2.96. The highest BCUT2D eigenvalue weighted by Crippen LogP contribution is 2.48. The topological polar surface area (TPSA) is 24.1 Å². The minimum atomic E-state index is 0.502. The molecule has 0 radical (unpaired) electrons. The summed E-state index contributed by atoms with van der Waals surface area (Å²) < 4.78 is 0. The number of fused-ring (bicyclic) bond motifs is 1. The molecule has 2 N–H and O–H groups in total. The van der Waals surface area contributed by atoms with Gasteiger partial charge in [0, 0.05) is 18.5 Å². The zero-order valence-corrected chi connectivity index (χ0v) is 8.69. The summed E-state index contributed by atoms with van der Waals surface area (Å²) in [5, 5.41) is 7.74. The Bertz CT molecular complexity index is 372. The summed E-state index contributed by atoms with van der Waals surface area (Å²) in [6, 6.07) is 6.00. The van der Waals surface area contributed by atoms with Gasteiger partial charge in [0.2, 0.25) is 0 Å². The lowest BCUT2D eigenvalue weighted by atomic mass is 10.1. The van der Waals surface area contributed by atoms with Gasteiger partial charge in [-0.05, 0) is 25.0 Å². The van der Waals surface area contributed by atoms with Crippen molar-refractivity contribution in [3.63, 3.8) is 0 Å². The molecule has 0 aromatic heterocycles. The van der Waals surface area contributed by atoms with Crippen molar-refractivity contribution >= 4 is 23.0 Å². The van der Waals surface area contributed by atoms with Gasteiger partial charge in [-0.25, -0.2) is 0 Å². The molecule has 1 fully saturated rings. The maximum atomic E-state index is 6.13. The zero-order chi connectivity index (χ0) is 9.60. The van der Waals surface area contributed by atoms with Crippen molar-refractivity contribution < 1.29 is 0 Å². The summed E-state index contributed by atoms with van der Waals surface area (Å²) in [4.78, 5) is 0. The van der Waals surface area contributed by atoms with Crippen LogP contribution >= 0.6 is 11.6 Å². The van der Waals surface area contributed by atoms with Gasteiger partial charge < -0.3 is 10.6 Å². The molecule has 1 aliphatic heterocycles. The summed E-state index contributed by atoms with van der Waals surface area (Å²) in [5.74, 6) is 0. The van der Waals surface area contributed by atoms with Crippen molar-refractivity contribution in [2.75, 3.05) is 23.7 Å². The van der Waals surface area contributed by atoms with Crippen LogP contribution in [-0.2, 0) is 0 Å². The van der Waals surface area contributed by atoms with Crippen LogP contribution in [0, 0.1) is 5.41 Å². The normalized spacial score (nSPS) is 21.8. The van der Waals surface area contributed by atoms with Crippen LogP contribution < -0.4 is 10.6 Å². The van der Waals surface area contributed by atoms with Crippen LogP contribution in [0.2, 0.25) is 5.02 Å². The lowest BCUT2D eigenvalue weighted by Crippen LogP contribution is -2.19. The number of benzene rings is 1. The van der Waals surface area contributed by atoms with Gasteiger partial charge in [-0.2, -0.15) is 0 Å². The number of para-hydroxylation sites is 1. The minimum Gasteiger partial charge on any atom is -0.383 e. The Kier molecular flexibility index (Phi) is 1.68. The summed E-state index contributed by atoms with van der Waals surface area (Å²) in [6.07, 6.45) is 2.66. The second-order valence-electron chi connectivity index (χ2n) is 4.37. The molecule has 14 heavy (non-hydrogen) atoms. The molecule has 0 amide bonds. The first kappa shape index (κ1) is 8.42. The lowest BCUT2D eigenvalue weighted by molar-refractivity contribution is 0.582. The van der Waals surface area contributed by atoms with Crippen LogP contribution in [0.25, 0.3) is 0 Å². The first-order chi connectivity index (χ1) is 6.79. The van der Waals surface area contributed by atoms with Crippen LogP contribution in [0.15, 0.2) is 18.2 Å². The maximum Gasteiger partial charge on any atom is 0.0765 e. The van der Waals surface area contributed by atoms with E-state index in [1.807, 2.05) is 12.1 Å². The highest BCUT2D eigenvalue weighted by molar-refractivity contribution is 6.34. The molecular weight excluding hydrogens is 196 g/mol. The first-order valence-corrected chi connectivity index (χ1v) is 5.43. The van der Waals surface area contributed by atoms with Crippen LogP contribution in [0.5, 0.6) is 0 Å². The number of rotatable bonds is 0. The molecule has 1 spiro atoms. The Hall–Kier alpha value is -0.890. The second kappa shape index (κ2) is 2.80. The van der Waals surface area contributed by atoms with Crippen molar-refractivity contribution in [1.29, 1.82) is 0 Å². The van der Waals surface area contributed by atoms with Crippen LogP contribution in [0.1, 0.15) is 12.8 Å². The van der Waals surface area contributed by atoms with Gasteiger partial charge in [-0.15, -0.1) is 0 Å². The van der Waals surface area contributed by atoms with E-state index in [0.29, 0.717) is 5.41 Å². The van der Waals surface area contributed by atoms with Crippen molar-refractivity contribution in [1.82, 2.24) is 0 Å². The zero-order valence-electron chi connectivity index (χ0n) is 7.94. The molecule has 2 nitrogen and oxygen atoms in total. The SMILES string of the molecule is Clc1cccc2c1NCC1(CC1)CN2. The number of hydrogen-bond donors (Lipinski definition) is 2. The summed E-state index contributed by atoms with van der Waals surface area (Å²) in [7, 11) is 0. The molecule has 3 rings (SSSR count). The van der Waals surface area contributed by atoms with Gasteiger partial charge in [0.1, 0.15) is 0 Å². The second-order valence-corrected chi connectivity index (χ2v) is 4.78. The van der Waals surface area contributed by atoms with Crippen molar-refractivity contribution in [3.8, 4) is 0 Å². The third-order valence-electron chi connectivity index (χ3n) is 3.26. The fourth-order valence-electron chi connectivity index (χ4n) is 2.00. The fraction of sp³-hybridized carbons (Fsp3) is 0.455. The van der Waals surface area contributed by atoms with Crippen LogP contribution in [-0.4, -0.2) is 13.1 Å². The lowest BCUT2D eigenvalue weighted by Gasteiger charge is -2.10. The van der Waals surface area contributed by atoms with Crippen LogP contribution in [0.3, 0.4) is 0 Å². The van der Waals surface area contributed by atoms with E-state index in [2.05, 4.69) is 16.7 Å². The first-order valence-electron chi connectivity index (χ1n) is 5.05. The molecule has 1 aromatic carbocycles. The van der Waals surface area contributed by atoms with Gasteiger partial charge in [0.05, 0.1) is 16.4 Å². The van der Waals surface area contributed by atoms with Crippen molar-refractivity contribution in [3.05, 3.63) is 23.2 Å². The third kappa shape index (κ3) is 1.25. The minimum absolute atomic E-state index is 0.502. The summed E-state index contributed by atoms with van der Waals surface area (Å²) >= 11 is 6.13. The Morgan fingerprint density at radius 1 is 1.14 bits per heavy atom.